The van der Waals surface area contributed by atoms with E-state index in [1.54, 1.807) is 0 Å². The molecule has 15 heavy (non-hydrogen) atoms. The molecule has 3 aliphatic carbocycles. The molecular formula is C13H24N2. The van der Waals surface area contributed by atoms with Gasteiger partial charge in [0.1, 0.15) is 0 Å². The molecule has 0 aliphatic heterocycles. The number of nitrogens with two attached hydrogens (primary N) is 1. The molecule has 3 rings (SSSR count). The Morgan fingerprint density at radius 1 is 1.20 bits per heavy atom. The van der Waals surface area contributed by atoms with Crippen LogP contribution in [0, 0.1) is 17.8 Å². The average molecular weight is 208 g/mol. The molecule has 86 valence electrons. The van der Waals surface area contributed by atoms with E-state index in [4.69, 9.17) is 5.73 Å². The molecule has 0 aromatic carbocycles. The monoisotopic (exact) mass is 208 g/mol. The van der Waals surface area contributed by atoms with Crippen molar-refractivity contribution < 1.29 is 0 Å². The third-order valence-corrected chi connectivity index (χ3v) is 5.15. The zero-order valence-electron chi connectivity index (χ0n) is 9.86. The standard InChI is InChI=1S/C13H24N2/c1-15(13(8-14)10-4-5-10)12-7-9-2-3-11(12)6-9/h9-13H,2-8,14H2,1H3. The van der Waals surface area contributed by atoms with Crippen molar-refractivity contribution in [2.24, 2.45) is 23.5 Å². The summed E-state index contributed by atoms with van der Waals surface area (Å²) in [6, 6.07) is 1.56. The first-order valence-corrected chi connectivity index (χ1v) is 6.71. The van der Waals surface area contributed by atoms with Gasteiger partial charge in [0.2, 0.25) is 0 Å². The summed E-state index contributed by atoms with van der Waals surface area (Å²) >= 11 is 0. The molecule has 2 N–H and O–H groups in total. The molecule has 3 aliphatic rings. The summed E-state index contributed by atoms with van der Waals surface area (Å²) in [5.74, 6) is 2.99. The number of likely N-dealkylation sites (N-methyl/N-ethyl adjacent to an activating group) is 1. The first-order chi connectivity index (χ1) is 7.29. The highest BCUT2D eigenvalue weighted by molar-refractivity contribution is 4.98. The topological polar surface area (TPSA) is 29.3 Å². The van der Waals surface area contributed by atoms with Crippen molar-refractivity contribution in [1.82, 2.24) is 4.90 Å². The first kappa shape index (κ1) is 10.1. The van der Waals surface area contributed by atoms with E-state index in [0.717, 1.165) is 30.3 Å². The summed E-state index contributed by atoms with van der Waals surface area (Å²) in [6.07, 6.45) is 8.81. The number of hydrogen-bond acceptors (Lipinski definition) is 2. The van der Waals surface area contributed by atoms with Crippen LogP contribution in [0.25, 0.3) is 0 Å². The van der Waals surface area contributed by atoms with Gasteiger partial charge in [-0.05, 0) is 56.9 Å². The minimum absolute atomic E-state index is 0.689. The van der Waals surface area contributed by atoms with Crippen LogP contribution in [0.5, 0.6) is 0 Å². The Hall–Kier alpha value is -0.0800. The molecule has 0 heterocycles. The fourth-order valence-electron chi connectivity index (χ4n) is 4.13. The van der Waals surface area contributed by atoms with Crippen LogP contribution in [0.15, 0.2) is 0 Å². The predicted molar refractivity (Wildman–Crippen MR) is 62.6 cm³/mol. The predicted octanol–water partition coefficient (Wildman–Crippen LogP) is 1.84. The van der Waals surface area contributed by atoms with Gasteiger partial charge < -0.3 is 5.73 Å². The highest BCUT2D eigenvalue weighted by Crippen LogP contribution is 2.48. The second-order valence-electron chi connectivity index (χ2n) is 6.05. The Labute approximate surface area is 93.2 Å². The Balaban J connectivity index is 1.65. The van der Waals surface area contributed by atoms with Crippen LogP contribution in [-0.2, 0) is 0 Å². The molecule has 0 saturated heterocycles. The van der Waals surface area contributed by atoms with Gasteiger partial charge in [0.05, 0.1) is 0 Å². The van der Waals surface area contributed by atoms with E-state index >= 15 is 0 Å². The lowest BCUT2D eigenvalue weighted by molar-refractivity contribution is 0.115. The molecule has 0 spiro atoms. The molecule has 0 aromatic heterocycles. The van der Waals surface area contributed by atoms with Gasteiger partial charge in [-0.1, -0.05) is 6.42 Å². The zero-order valence-corrected chi connectivity index (χ0v) is 9.86. The molecule has 4 atom stereocenters. The quantitative estimate of drug-likeness (QED) is 0.764. The zero-order chi connectivity index (χ0) is 10.4. The Morgan fingerprint density at radius 2 is 2.00 bits per heavy atom. The fraction of sp³-hybridized carbons (Fsp3) is 1.00. The van der Waals surface area contributed by atoms with Gasteiger partial charge in [-0.25, -0.2) is 0 Å². The van der Waals surface area contributed by atoms with Gasteiger partial charge in [-0.2, -0.15) is 0 Å². The summed E-state index contributed by atoms with van der Waals surface area (Å²) in [5.41, 5.74) is 5.94. The lowest BCUT2D eigenvalue weighted by Gasteiger charge is -2.37. The maximum absolute atomic E-state index is 5.94. The highest BCUT2D eigenvalue weighted by Gasteiger charge is 2.44. The fourth-order valence-corrected chi connectivity index (χ4v) is 4.13. The first-order valence-electron chi connectivity index (χ1n) is 6.71. The molecular weight excluding hydrogens is 184 g/mol. The number of fused-ring (bicyclic) bond motifs is 2. The summed E-state index contributed by atoms with van der Waals surface area (Å²) in [7, 11) is 2.33. The molecule has 2 bridgehead atoms. The smallest absolute Gasteiger partial charge is 0.0246 e. The minimum Gasteiger partial charge on any atom is -0.329 e. The van der Waals surface area contributed by atoms with Crippen molar-refractivity contribution in [2.45, 2.75) is 50.6 Å². The number of rotatable bonds is 4. The second-order valence-corrected chi connectivity index (χ2v) is 6.05. The van der Waals surface area contributed by atoms with Crippen LogP contribution in [0.4, 0.5) is 0 Å². The SMILES string of the molecule is CN(C(CN)C1CC1)C1CC2CCC1C2. The van der Waals surface area contributed by atoms with E-state index in [0.29, 0.717) is 6.04 Å². The lowest BCUT2D eigenvalue weighted by atomic mass is 9.92. The van der Waals surface area contributed by atoms with Crippen molar-refractivity contribution in [3.05, 3.63) is 0 Å². The Kier molecular flexibility index (Phi) is 2.52. The van der Waals surface area contributed by atoms with Gasteiger partial charge in [0.25, 0.3) is 0 Å². The third kappa shape index (κ3) is 1.72. The number of hydrogen-bond donors (Lipinski definition) is 1. The lowest BCUT2D eigenvalue weighted by Crippen LogP contribution is -2.47. The van der Waals surface area contributed by atoms with E-state index in [1.165, 1.54) is 38.5 Å². The summed E-state index contributed by atoms with van der Waals surface area (Å²) in [4.78, 5) is 2.65. The van der Waals surface area contributed by atoms with Crippen molar-refractivity contribution in [3.63, 3.8) is 0 Å². The van der Waals surface area contributed by atoms with Gasteiger partial charge in [-0.15, -0.1) is 0 Å². The molecule has 0 aromatic rings. The molecule has 0 radical (unpaired) electrons. The molecule has 4 unspecified atom stereocenters. The normalized spacial score (nSPS) is 41.4. The summed E-state index contributed by atoms with van der Waals surface area (Å²) < 4.78 is 0. The van der Waals surface area contributed by atoms with Crippen LogP contribution in [-0.4, -0.2) is 30.6 Å². The Bertz CT molecular complexity index is 237. The van der Waals surface area contributed by atoms with Crippen molar-refractivity contribution in [1.29, 1.82) is 0 Å². The van der Waals surface area contributed by atoms with Crippen LogP contribution in [0.1, 0.15) is 38.5 Å². The third-order valence-electron chi connectivity index (χ3n) is 5.15. The van der Waals surface area contributed by atoms with Crippen LogP contribution in [0.3, 0.4) is 0 Å². The van der Waals surface area contributed by atoms with E-state index in [2.05, 4.69) is 11.9 Å². The van der Waals surface area contributed by atoms with E-state index in [1.807, 2.05) is 0 Å². The molecule has 2 nitrogen and oxygen atoms in total. The van der Waals surface area contributed by atoms with Crippen molar-refractivity contribution in [3.8, 4) is 0 Å². The second kappa shape index (κ2) is 3.74. The summed E-state index contributed by atoms with van der Waals surface area (Å²) in [6.45, 7) is 0.870. The maximum atomic E-state index is 5.94. The van der Waals surface area contributed by atoms with E-state index in [9.17, 15) is 0 Å². The molecule has 3 fully saturated rings. The van der Waals surface area contributed by atoms with Gasteiger partial charge in [0, 0.05) is 18.6 Å². The molecule has 2 heteroatoms. The van der Waals surface area contributed by atoms with Gasteiger partial charge in [-0.3, -0.25) is 4.90 Å². The van der Waals surface area contributed by atoms with Gasteiger partial charge in [0.15, 0.2) is 0 Å². The van der Waals surface area contributed by atoms with E-state index < -0.39 is 0 Å². The highest BCUT2D eigenvalue weighted by atomic mass is 15.2. The van der Waals surface area contributed by atoms with Gasteiger partial charge >= 0.3 is 0 Å². The van der Waals surface area contributed by atoms with Crippen LogP contribution < -0.4 is 5.73 Å². The molecule has 0 amide bonds. The largest absolute Gasteiger partial charge is 0.329 e. The van der Waals surface area contributed by atoms with Crippen LogP contribution >= 0.6 is 0 Å². The van der Waals surface area contributed by atoms with Crippen molar-refractivity contribution in [2.75, 3.05) is 13.6 Å². The van der Waals surface area contributed by atoms with Crippen molar-refractivity contribution >= 4 is 0 Å². The van der Waals surface area contributed by atoms with Crippen LogP contribution in [0.2, 0.25) is 0 Å². The molecule has 3 saturated carbocycles. The minimum atomic E-state index is 0.689. The number of nitrogens with zero attached hydrogens (tertiary/aromatic N) is 1. The summed E-state index contributed by atoms with van der Waals surface area (Å²) in [5, 5.41) is 0. The Morgan fingerprint density at radius 3 is 2.47 bits per heavy atom. The van der Waals surface area contributed by atoms with E-state index in [-0.39, 0.29) is 0 Å². The average Bonchev–Trinajstić information content (AvgIpc) is 2.86. The maximum Gasteiger partial charge on any atom is 0.0246 e.